The maximum Gasteiger partial charge on any atom is 0.253 e. The first-order valence-electron chi connectivity index (χ1n) is 8.33. The number of aromatic hydroxyl groups is 1. The van der Waals surface area contributed by atoms with E-state index in [2.05, 4.69) is 15.3 Å². The Hall–Kier alpha value is -3.11. The summed E-state index contributed by atoms with van der Waals surface area (Å²) in [6.07, 6.45) is 3.67. The van der Waals surface area contributed by atoms with E-state index in [0.29, 0.717) is 10.5 Å². The average Bonchev–Trinajstić information content (AvgIpc) is 2.68. The molecule has 0 radical (unpaired) electrons. The number of phenols is 1. The van der Waals surface area contributed by atoms with Crippen molar-refractivity contribution in [3.8, 4) is 5.75 Å². The highest BCUT2D eigenvalue weighted by molar-refractivity contribution is 6.30. The van der Waals surface area contributed by atoms with Gasteiger partial charge in [-0.1, -0.05) is 29.8 Å². The van der Waals surface area contributed by atoms with Crippen molar-refractivity contribution in [2.45, 2.75) is 6.04 Å². The van der Waals surface area contributed by atoms with Gasteiger partial charge < -0.3 is 10.4 Å². The largest absolute Gasteiger partial charge is 0.502 e. The Kier molecular flexibility index (Phi) is 4.42. The third-order valence-corrected chi connectivity index (χ3v) is 4.57. The van der Waals surface area contributed by atoms with Gasteiger partial charge in [0, 0.05) is 34.5 Å². The van der Waals surface area contributed by atoms with Crippen LogP contribution >= 0.6 is 11.6 Å². The first-order valence-corrected chi connectivity index (χ1v) is 8.71. The van der Waals surface area contributed by atoms with E-state index >= 15 is 0 Å². The molecule has 4 N–H and O–H groups in total. The van der Waals surface area contributed by atoms with Crippen LogP contribution < -0.4 is 15.3 Å². The number of aromatic nitrogens is 2. The summed E-state index contributed by atoms with van der Waals surface area (Å²) in [6.45, 7) is 0. The molecule has 0 saturated carbocycles. The Bertz CT molecular complexity index is 1050. The predicted molar refractivity (Wildman–Crippen MR) is 102 cm³/mol. The summed E-state index contributed by atoms with van der Waals surface area (Å²) in [5.41, 5.74) is 3.27. The van der Waals surface area contributed by atoms with Crippen molar-refractivity contribution in [1.29, 1.82) is 0 Å². The van der Waals surface area contributed by atoms with E-state index in [1.165, 1.54) is 0 Å². The number of halogens is 1. The monoisotopic (exact) mass is 363 g/mol. The lowest BCUT2D eigenvalue weighted by Gasteiger charge is -2.18. The van der Waals surface area contributed by atoms with Crippen LogP contribution in [0.4, 0.5) is 5.69 Å². The van der Waals surface area contributed by atoms with Crippen LogP contribution in [0.15, 0.2) is 79.1 Å². The molecular weight excluding hydrogens is 346 g/mol. The molecule has 128 valence electrons. The maximum absolute atomic E-state index is 10.9. The normalized spacial score (nSPS) is 12.0. The molecular formula is C21H18ClN3O+2. The van der Waals surface area contributed by atoms with Gasteiger partial charge in [-0.25, -0.2) is 9.97 Å². The fourth-order valence-electron chi connectivity index (χ4n) is 3.08. The minimum Gasteiger partial charge on any atom is -0.502 e. The van der Waals surface area contributed by atoms with Crippen LogP contribution in [0.3, 0.4) is 0 Å². The minimum absolute atomic E-state index is 0.222. The molecule has 1 unspecified atom stereocenters. The van der Waals surface area contributed by atoms with Crippen molar-refractivity contribution in [3.63, 3.8) is 0 Å². The van der Waals surface area contributed by atoms with Crippen molar-refractivity contribution in [1.82, 2.24) is 0 Å². The molecule has 0 spiro atoms. The highest BCUT2D eigenvalue weighted by Crippen LogP contribution is 2.34. The van der Waals surface area contributed by atoms with E-state index in [1.54, 1.807) is 6.20 Å². The van der Waals surface area contributed by atoms with Gasteiger partial charge in [-0.2, -0.15) is 0 Å². The standard InChI is InChI=1S/C21H16ClN3O/c22-15-6-3-7-16(13-15)25-20(18-8-1-2-11-23-18)17-10-9-14-5-4-12-24-19(14)21(17)26/h1-13,20,25-26H/p+2. The van der Waals surface area contributed by atoms with Crippen LogP contribution in [0.5, 0.6) is 5.75 Å². The maximum atomic E-state index is 10.9. The van der Waals surface area contributed by atoms with Crippen LogP contribution in [-0.2, 0) is 0 Å². The summed E-state index contributed by atoms with van der Waals surface area (Å²) < 4.78 is 0. The first-order chi connectivity index (χ1) is 12.7. The molecule has 0 aliphatic heterocycles. The average molecular weight is 364 g/mol. The molecule has 2 aromatic heterocycles. The molecule has 4 rings (SSSR count). The number of pyridine rings is 2. The summed E-state index contributed by atoms with van der Waals surface area (Å²) in [4.78, 5) is 6.39. The zero-order chi connectivity index (χ0) is 17.9. The van der Waals surface area contributed by atoms with E-state index in [4.69, 9.17) is 11.6 Å². The van der Waals surface area contributed by atoms with Gasteiger partial charge in [0.05, 0.1) is 5.39 Å². The smallest absolute Gasteiger partial charge is 0.253 e. The molecule has 0 fully saturated rings. The van der Waals surface area contributed by atoms with Crippen molar-refractivity contribution in [2.75, 3.05) is 5.32 Å². The number of hydrogen-bond donors (Lipinski definition) is 2. The van der Waals surface area contributed by atoms with E-state index in [9.17, 15) is 5.11 Å². The SMILES string of the molecule is Oc1c(C(Nc2cccc(Cl)c2)c2cccc[nH+]2)ccc2ccc[nH+]c12. The Labute approximate surface area is 156 Å². The third kappa shape index (κ3) is 3.19. The van der Waals surface area contributed by atoms with Gasteiger partial charge in [0.2, 0.25) is 5.69 Å². The third-order valence-electron chi connectivity index (χ3n) is 4.33. The minimum atomic E-state index is -0.271. The molecule has 2 aromatic carbocycles. The number of aromatic amines is 2. The number of anilines is 1. The summed E-state index contributed by atoms with van der Waals surface area (Å²) >= 11 is 6.13. The van der Waals surface area contributed by atoms with E-state index in [1.807, 2.05) is 72.9 Å². The second-order valence-corrected chi connectivity index (χ2v) is 6.48. The van der Waals surface area contributed by atoms with Gasteiger partial charge in [0.15, 0.2) is 18.1 Å². The lowest BCUT2D eigenvalue weighted by molar-refractivity contribution is -0.391. The highest BCUT2D eigenvalue weighted by atomic mass is 35.5. The predicted octanol–water partition coefficient (Wildman–Crippen LogP) is 4.03. The van der Waals surface area contributed by atoms with Crippen molar-refractivity contribution >= 4 is 28.2 Å². The topological polar surface area (TPSA) is 60.5 Å². The number of benzene rings is 2. The Morgan fingerprint density at radius 3 is 2.58 bits per heavy atom. The Morgan fingerprint density at radius 2 is 1.77 bits per heavy atom. The second kappa shape index (κ2) is 7.02. The molecule has 5 heteroatoms. The van der Waals surface area contributed by atoms with Gasteiger partial charge >= 0.3 is 0 Å². The Morgan fingerprint density at radius 1 is 0.885 bits per heavy atom. The van der Waals surface area contributed by atoms with Crippen LogP contribution in [0.1, 0.15) is 17.3 Å². The highest BCUT2D eigenvalue weighted by Gasteiger charge is 2.25. The summed E-state index contributed by atoms with van der Waals surface area (Å²) in [5.74, 6) is 0.222. The van der Waals surface area contributed by atoms with Gasteiger partial charge in [-0.3, -0.25) is 0 Å². The number of H-pyrrole nitrogens is 2. The number of hydrogen-bond acceptors (Lipinski definition) is 2. The lowest BCUT2D eigenvalue weighted by Crippen LogP contribution is -2.22. The quantitative estimate of drug-likeness (QED) is 0.575. The zero-order valence-corrected chi connectivity index (χ0v) is 14.7. The molecule has 26 heavy (non-hydrogen) atoms. The summed E-state index contributed by atoms with van der Waals surface area (Å²) in [5, 5.41) is 16.0. The lowest BCUT2D eigenvalue weighted by atomic mass is 9.99. The van der Waals surface area contributed by atoms with E-state index in [0.717, 1.165) is 22.3 Å². The number of fused-ring (bicyclic) bond motifs is 1. The fraction of sp³-hybridized carbons (Fsp3) is 0.0476. The van der Waals surface area contributed by atoms with Gasteiger partial charge in [0.1, 0.15) is 6.04 Å². The second-order valence-electron chi connectivity index (χ2n) is 6.04. The van der Waals surface area contributed by atoms with Gasteiger partial charge in [-0.05, 0) is 30.3 Å². The molecule has 0 aliphatic carbocycles. The molecule has 0 amide bonds. The van der Waals surface area contributed by atoms with Crippen LogP contribution in [0.2, 0.25) is 5.02 Å². The van der Waals surface area contributed by atoms with Gasteiger partial charge in [0.25, 0.3) is 5.52 Å². The van der Waals surface area contributed by atoms with E-state index in [-0.39, 0.29) is 11.8 Å². The number of phenolic OH excluding ortho intramolecular Hbond substituents is 1. The van der Waals surface area contributed by atoms with Gasteiger partial charge in [-0.15, -0.1) is 0 Å². The zero-order valence-electron chi connectivity index (χ0n) is 13.9. The number of rotatable bonds is 4. The molecule has 0 bridgehead atoms. The molecule has 4 nitrogen and oxygen atoms in total. The fourth-order valence-corrected chi connectivity index (χ4v) is 3.27. The first kappa shape index (κ1) is 16.4. The molecule has 0 saturated heterocycles. The Balaban J connectivity index is 1.84. The molecule has 2 heterocycles. The molecule has 1 atom stereocenters. The summed E-state index contributed by atoms with van der Waals surface area (Å²) in [7, 11) is 0. The van der Waals surface area contributed by atoms with Crippen LogP contribution in [0.25, 0.3) is 10.9 Å². The van der Waals surface area contributed by atoms with Crippen LogP contribution in [0, 0.1) is 0 Å². The van der Waals surface area contributed by atoms with Crippen LogP contribution in [-0.4, -0.2) is 5.11 Å². The molecule has 0 aliphatic rings. The van der Waals surface area contributed by atoms with Crippen molar-refractivity contribution in [3.05, 3.63) is 95.4 Å². The van der Waals surface area contributed by atoms with Crippen molar-refractivity contribution in [2.24, 2.45) is 0 Å². The molecule has 4 aromatic rings. The summed E-state index contributed by atoms with van der Waals surface area (Å²) in [6, 6.07) is 20.9. The van der Waals surface area contributed by atoms with Crippen molar-refractivity contribution < 1.29 is 15.1 Å². The number of nitrogens with one attached hydrogen (secondary N) is 3. The van der Waals surface area contributed by atoms with E-state index < -0.39 is 0 Å².